The van der Waals surface area contributed by atoms with E-state index < -0.39 is 0 Å². The van der Waals surface area contributed by atoms with Gasteiger partial charge in [0.1, 0.15) is 0 Å². The standard InChI is InChI=1S/C10H18N2S/c1-8-6-13-7-9(8)12-5-4-10(2,3)11/h6-7,12H,4-5,11H2,1-3H3. The summed E-state index contributed by atoms with van der Waals surface area (Å²) in [6, 6.07) is 0. The van der Waals surface area contributed by atoms with E-state index in [0.29, 0.717) is 0 Å². The molecule has 1 aromatic heterocycles. The fourth-order valence-corrected chi connectivity index (χ4v) is 1.87. The second kappa shape index (κ2) is 4.11. The van der Waals surface area contributed by atoms with Crippen molar-refractivity contribution in [1.29, 1.82) is 0 Å². The van der Waals surface area contributed by atoms with Crippen LogP contribution in [0.3, 0.4) is 0 Å². The highest BCUT2D eigenvalue weighted by atomic mass is 32.1. The Kier molecular flexibility index (Phi) is 3.33. The van der Waals surface area contributed by atoms with Gasteiger partial charge in [0.25, 0.3) is 0 Å². The first-order chi connectivity index (χ1) is 5.99. The fraction of sp³-hybridized carbons (Fsp3) is 0.600. The summed E-state index contributed by atoms with van der Waals surface area (Å²) < 4.78 is 0. The third-order valence-corrected chi connectivity index (χ3v) is 2.80. The van der Waals surface area contributed by atoms with Crippen molar-refractivity contribution in [3.8, 4) is 0 Å². The van der Waals surface area contributed by atoms with Gasteiger partial charge in [-0.15, -0.1) is 11.3 Å². The molecule has 1 rings (SSSR count). The normalized spacial score (nSPS) is 11.7. The summed E-state index contributed by atoms with van der Waals surface area (Å²) in [7, 11) is 0. The second-order valence-electron chi connectivity index (χ2n) is 4.13. The van der Waals surface area contributed by atoms with Gasteiger partial charge >= 0.3 is 0 Å². The molecule has 0 spiro atoms. The fourth-order valence-electron chi connectivity index (χ4n) is 1.06. The van der Waals surface area contributed by atoms with Crippen molar-refractivity contribution < 1.29 is 0 Å². The topological polar surface area (TPSA) is 38.0 Å². The first kappa shape index (κ1) is 10.5. The molecule has 0 radical (unpaired) electrons. The molecule has 0 aromatic carbocycles. The Labute approximate surface area is 84.2 Å². The third-order valence-electron chi connectivity index (χ3n) is 1.94. The molecule has 1 heterocycles. The van der Waals surface area contributed by atoms with Gasteiger partial charge < -0.3 is 11.1 Å². The maximum atomic E-state index is 5.88. The number of hydrogen-bond donors (Lipinski definition) is 2. The molecule has 0 aliphatic carbocycles. The van der Waals surface area contributed by atoms with Crippen LogP contribution in [-0.4, -0.2) is 12.1 Å². The number of hydrogen-bond acceptors (Lipinski definition) is 3. The highest BCUT2D eigenvalue weighted by molar-refractivity contribution is 7.08. The molecule has 1 aromatic rings. The quantitative estimate of drug-likeness (QED) is 0.780. The van der Waals surface area contributed by atoms with E-state index in [1.165, 1.54) is 11.3 Å². The second-order valence-corrected chi connectivity index (χ2v) is 4.88. The highest BCUT2D eigenvalue weighted by Gasteiger charge is 2.09. The van der Waals surface area contributed by atoms with E-state index in [4.69, 9.17) is 5.73 Å². The molecule has 3 N–H and O–H groups in total. The molecule has 0 aliphatic heterocycles. The lowest BCUT2D eigenvalue weighted by molar-refractivity contribution is 0.491. The summed E-state index contributed by atoms with van der Waals surface area (Å²) in [6.07, 6.45) is 0.988. The van der Waals surface area contributed by atoms with E-state index in [0.717, 1.165) is 13.0 Å². The lowest BCUT2D eigenvalue weighted by atomic mass is 10.0. The maximum absolute atomic E-state index is 5.88. The Hall–Kier alpha value is -0.540. The Morgan fingerprint density at radius 1 is 1.46 bits per heavy atom. The minimum absolute atomic E-state index is 0.0725. The summed E-state index contributed by atoms with van der Waals surface area (Å²) >= 11 is 1.73. The van der Waals surface area contributed by atoms with Gasteiger partial charge in [0.2, 0.25) is 0 Å². The zero-order chi connectivity index (χ0) is 9.90. The average molecular weight is 198 g/mol. The van der Waals surface area contributed by atoms with E-state index in [1.807, 2.05) is 0 Å². The summed E-state index contributed by atoms with van der Waals surface area (Å²) in [5, 5.41) is 7.67. The van der Waals surface area contributed by atoms with Gasteiger partial charge in [0.05, 0.1) is 0 Å². The largest absolute Gasteiger partial charge is 0.384 e. The van der Waals surface area contributed by atoms with E-state index in [1.54, 1.807) is 11.3 Å². The van der Waals surface area contributed by atoms with Crippen LogP contribution in [0.2, 0.25) is 0 Å². The van der Waals surface area contributed by atoms with Crippen LogP contribution in [0, 0.1) is 6.92 Å². The van der Waals surface area contributed by atoms with Gasteiger partial charge in [-0.2, -0.15) is 0 Å². The van der Waals surface area contributed by atoms with Crippen LogP contribution in [0.5, 0.6) is 0 Å². The molecule has 0 amide bonds. The summed E-state index contributed by atoms with van der Waals surface area (Å²) in [5.74, 6) is 0. The first-order valence-electron chi connectivity index (χ1n) is 4.54. The molecule has 0 aliphatic rings. The molecule has 0 unspecified atom stereocenters. The zero-order valence-electron chi connectivity index (χ0n) is 8.55. The number of anilines is 1. The van der Waals surface area contributed by atoms with Gasteiger partial charge in [-0.05, 0) is 38.1 Å². The monoisotopic (exact) mass is 198 g/mol. The average Bonchev–Trinajstić information content (AvgIpc) is 2.34. The van der Waals surface area contributed by atoms with Crippen LogP contribution < -0.4 is 11.1 Å². The van der Waals surface area contributed by atoms with Crippen molar-refractivity contribution in [3.05, 3.63) is 16.3 Å². The third kappa shape index (κ3) is 3.79. The van der Waals surface area contributed by atoms with Crippen molar-refractivity contribution in [2.45, 2.75) is 32.7 Å². The van der Waals surface area contributed by atoms with Crippen LogP contribution in [0.1, 0.15) is 25.8 Å². The van der Waals surface area contributed by atoms with Gasteiger partial charge in [-0.3, -0.25) is 0 Å². The van der Waals surface area contributed by atoms with Gasteiger partial charge in [0.15, 0.2) is 0 Å². The molecule has 74 valence electrons. The Bertz CT molecular complexity index is 260. The van der Waals surface area contributed by atoms with Crippen molar-refractivity contribution in [2.24, 2.45) is 5.73 Å². The van der Waals surface area contributed by atoms with Gasteiger partial charge in [0, 0.05) is 23.2 Å². The van der Waals surface area contributed by atoms with E-state index in [-0.39, 0.29) is 5.54 Å². The lowest BCUT2D eigenvalue weighted by Crippen LogP contribution is -2.34. The van der Waals surface area contributed by atoms with E-state index in [9.17, 15) is 0 Å². The predicted octanol–water partition coefficient (Wildman–Crippen LogP) is 2.60. The summed E-state index contributed by atoms with van der Waals surface area (Å²) in [6.45, 7) is 7.16. The Balaban J connectivity index is 2.32. The van der Waals surface area contributed by atoms with Crippen LogP contribution >= 0.6 is 11.3 Å². The molecule has 0 saturated heterocycles. The predicted molar refractivity (Wildman–Crippen MR) is 60.4 cm³/mol. The van der Waals surface area contributed by atoms with Crippen LogP contribution in [0.25, 0.3) is 0 Å². The zero-order valence-corrected chi connectivity index (χ0v) is 9.37. The van der Waals surface area contributed by atoms with Crippen molar-refractivity contribution in [3.63, 3.8) is 0 Å². The number of nitrogens with two attached hydrogens (primary N) is 1. The van der Waals surface area contributed by atoms with Crippen LogP contribution in [-0.2, 0) is 0 Å². The number of aryl methyl sites for hydroxylation is 1. The molecular weight excluding hydrogens is 180 g/mol. The molecule has 2 nitrogen and oxygen atoms in total. The SMILES string of the molecule is Cc1cscc1NCCC(C)(C)N. The Morgan fingerprint density at radius 3 is 2.62 bits per heavy atom. The number of rotatable bonds is 4. The van der Waals surface area contributed by atoms with Crippen LogP contribution in [0.15, 0.2) is 10.8 Å². The minimum atomic E-state index is -0.0725. The molecule has 0 fully saturated rings. The van der Waals surface area contributed by atoms with Gasteiger partial charge in [-0.1, -0.05) is 0 Å². The molecule has 0 atom stereocenters. The molecule has 3 heteroatoms. The van der Waals surface area contributed by atoms with Crippen LogP contribution in [0.4, 0.5) is 5.69 Å². The van der Waals surface area contributed by atoms with E-state index in [2.05, 4.69) is 36.8 Å². The van der Waals surface area contributed by atoms with Crippen molar-refractivity contribution >= 4 is 17.0 Å². The molecule has 0 saturated carbocycles. The molecule has 0 bridgehead atoms. The summed E-state index contributed by atoms with van der Waals surface area (Å²) in [4.78, 5) is 0. The van der Waals surface area contributed by atoms with Crippen molar-refractivity contribution in [1.82, 2.24) is 0 Å². The van der Waals surface area contributed by atoms with Crippen molar-refractivity contribution in [2.75, 3.05) is 11.9 Å². The highest BCUT2D eigenvalue weighted by Crippen LogP contribution is 2.19. The molecular formula is C10H18N2S. The number of thiophene rings is 1. The lowest BCUT2D eigenvalue weighted by Gasteiger charge is -2.18. The summed E-state index contributed by atoms with van der Waals surface area (Å²) in [5.41, 5.74) is 8.37. The minimum Gasteiger partial charge on any atom is -0.384 e. The number of nitrogens with one attached hydrogen (secondary N) is 1. The first-order valence-corrected chi connectivity index (χ1v) is 5.49. The van der Waals surface area contributed by atoms with Gasteiger partial charge in [-0.25, -0.2) is 0 Å². The maximum Gasteiger partial charge on any atom is 0.0478 e. The Morgan fingerprint density at radius 2 is 2.15 bits per heavy atom. The smallest absolute Gasteiger partial charge is 0.0478 e. The van der Waals surface area contributed by atoms with E-state index >= 15 is 0 Å². The molecule has 13 heavy (non-hydrogen) atoms.